The first-order valence-electron chi connectivity index (χ1n) is 6.49. The summed E-state index contributed by atoms with van der Waals surface area (Å²) in [6, 6.07) is 12.5. The Morgan fingerprint density at radius 1 is 0.955 bits per heavy atom. The van der Waals surface area contributed by atoms with E-state index in [1.165, 1.54) is 9.13 Å². The lowest BCUT2D eigenvalue weighted by molar-refractivity contribution is -0.328. The van der Waals surface area contributed by atoms with E-state index in [4.69, 9.17) is 0 Å². The van der Waals surface area contributed by atoms with Crippen LogP contribution in [0.25, 0.3) is 0 Å². The summed E-state index contributed by atoms with van der Waals surface area (Å²) in [6.45, 7) is 6.70. The van der Waals surface area contributed by atoms with Gasteiger partial charge in [-0.2, -0.15) is 0 Å². The predicted molar refractivity (Wildman–Crippen MR) is 79.6 cm³/mol. The van der Waals surface area contributed by atoms with E-state index in [1.54, 1.807) is 0 Å². The summed E-state index contributed by atoms with van der Waals surface area (Å²) in [5, 5.41) is 0. The van der Waals surface area contributed by atoms with Crippen LogP contribution in [-0.4, -0.2) is 13.0 Å². The average Bonchev–Trinajstić information content (AvgIpc) is 2.38. The topological polar surface area (TPSA) is 57.2 Å². The summed E-state index contributed by atoms with van der Waals surface area (Å²) >= 11 is 2.05. The van der Waals surface area contributed by atoms with Gasteiger partial charge in [0.1, 0.15) is 15.9 Å². The van der Waals surface area contributed by atoms with Crippen molar-refractivity contribution in [2.45, 2.75) is 31.1 Å². The van der Waals surface area contributed by atoms with E-state index in [-0.39, 0.29) is 5.41 Å². The molecule has 0 aliphatic carbocycles. The van der Waals surface area contributed by atoms with Crippen molar-refractivity contribution in [1.29, 1.82) is 0 Å². The number of hydrogen-bond acceptors (Lipinski definition) is 3. The number of rotatable bonds is 1. The Bertz CT molecular complexity index is 703. The van der Waals surface area contributed by atoms with Crippen molar-refractivity contribution in [3.63, 3.8) is 0 Å². The highest BCUT2D eigenvalue weighted by atomic mass is 127. The molecule has 2 rings (SSSR count). The van der Waals surface area contributed by atoms with Gasteiger partial charge in [0.2, 0.25) is 0 Å². The molecule has 2 aromatic carbocycles. The molecule has 0 saturated carbocycles. The van der Waals surface area contributed by atoms with Crippen molar-refractivity contribution in [2.24, 2.45) is 0 Å². The fourth-order valence-corrected chi connectivity index (χ4v) is 2.41. The molecule has 0 aromatic heterocycles. The van der Waals surface area contributed by atoms with Gasteiger partial charge < -0.3 is 4.55 Å². The van der Waals surface area contributed by atoms with Gasteiger partial charge in [0, 0.05) is 0 Å². The van der Waals surface area contributed by atoms with Crippen LogP contribution < -0.4 is 22.6 Å². The van der Waals surface area contributed by atoms with E-state index >= 15 is 0 Å². The minimum atomic E-state index is -4.44. The average molecular weight is 436 g/mol. The van der Waals surface area contributed by atoms with Crippen LogP contribution in [0.15, 0.2) is 53.4 Å². The maximum atomic E-state index is 12.2. The third kappa shape index (κ3) is 6.41. The molecule has 6 heteroatoms. The first-order chi connectivity index (χ1) is 10.00. The molecule has 0 spiro atoms. The molecule has 0 unspecified atom stereocenters. The number of hydrogen-bond donors (Lipinski definition) is 0. The van der Waals surface area contributed by atoms with Crippen molar-refractivity contribution < 1.29 is 40.0 Å². The summed E-state index contributed by atoms with van der Waals surface area (Å²) in [4.78, 5) is -0.418. The Hall–Kier alpha value is -0.990. The van der Waals surface area contributed by atoms with E-state index in [1.807, 2.05) is 22.6 Å². The highest BCUT2D eigenvalue weighted by molar-refractivity contribution is 7.85. The molecule has 0 aliphatic heterocycles. The van der Waals surface area contributed by atoms with Crippen LogP contribution in [-0.2, 0) is 15.5 Å². The smallest absolute Gasteiger partial charge is 0.296 e. The largest absolute Gasteiger partial charge is 0.744 e. The second kappa shape index (κ2) is 7.52. The normalized spacial score (nSPS) is 11.5. The van der Waals surface area contributed by atoms with E-state index in [2.05, 4.69) is 45.0 Å². The summed E-state index contributed by atoms with van der Waals surface area (Å²) in [6.07, 6.45) is 0. The Kier molecular flexibility index (Phi) is 6.51. The third-order valence-electron chi connectivity index (χ3n) is 2.82. The summed E-state index contributed by atoms with van der Waals surface area (Å²) in [5.41, 5.74) is 1.69. The first kappa shape index (κ1) is 19.1. The maximum absolute atomic E-state index is 12.2. The van der Waals surface area contributed by atoms with Gasteiger partial charge >= 0.3 is 0 Å². The van der Waals surface area contributed by atoms with Crippen LogP contribution >= 0.6 is 0 Å². The van der Waals surface area contributed by atoms with E-state index in [0.29, 0.717) is 0 Å². The zero-order valence-corrected chi connectivity index (χ0v) is 15.7. The molecule has 0 bridgehead atoms. The first-order valence-corrected chi connectivity index (χ1v) is 9.06. The quantitative estimate of drug-likeness (QED) is 0.473. The zero-order valence-electron chi connectivity index (χ0n) is 12.5. The fraction of sp³-hybridized carbons (Fsp3) is 0.250. The van der Waals surface area contributed by atoms with Gasteiger partial charge in [0.25, 0.3) is 22.6 Å². The van der Waals surface area contributed by atoms with Crippen molar-refractivity contribution in [2.75, 3.05) is 0 Å². The molecule has 120 valence electrons. The lowest BCUT2D eigenvalue weighted by Gasteiger charge is -2.17. The van der Waals surface area contributed by atoms with Crippen molar-refractivity contribution >= 4 is 10.1 Å². The second-order valence-corrected chi connectivity index (χ2v) is 8.41. The van der Waals surface area contributed by atoms with E-state index in [9.17, 15) is 17.4 Å². The van der Waals surface area contributed by atoms with Gasteiger partial charge in [-0.15, -0.1) is 0 Å². The van der Waals surface area contributed by atoms with Gasteiger partial charge in [-0.25, -0.2) is 12.8 Å². The molecule has 0 heterocycles. The third-order valence-corrected chi connectivity index (χ3v) is 4.45. The minimum absolute atomic E-state index is 0.287. The number of halogens is 2. The van der Waals surface area contributed by atoms with Crippen molar-refractivity contribution in [1.82, 2.24) is 0 Å². The van der Waals surface area contributed by atoms with E-state index in [0.717, 1.165) is 24.3 Å². The highest BCUT2D eigenvalue weighted by Gasteiger charge is 2.13. The van der Waals surface area contributed by atoms with Gasteiger partial charge in [-0.3, -0.25) is 0 Å². The van der Waals surface area contributed by atoms with E-state index < -0.39 is 20.8 Å². The van der Waals surface area contributed by atoms with Crippen LogP contribution in [0.1, 0.15) is 26.3 Å². The lowest BCUT2D eigenvalue weighted by Crippen LogP contribution is -3.34. The molecule has 0 amide bonds. The SMILES string of the molecule is CC(C)(C)c1ccc([IH+])cc1.O=S(=O)([O-])c1ccc(F)cc1. The molecule has 0 atom stereocenters. The summed E-state index contributed by atoms with van der Waals surface area (Å²) in [7, 11) is -4.44. The molecule has 0 saturated heterocycles. The van der Waals surface area contributed by atoms with Gasteiger partial charge in [-0.1, -0.05) is 32.9 Å². The molecule has 2 aromatic rings. The Labute approximate surface area is 144 Å². The Morgan fingerprint density at radius 2 is 1.41 bits per heavy atom. The van der Waals surface area contributed by atoms with Gasteiger partial charge in [0.15, 0.2) is 3.57 Å². The van der Waals surface area contributed by atoms with Crippen LogP contribution in [0.4, 0.5) is 4.39 Å². The minimum Gasteiger partial charge on any atom is -0.744 e. The van der Waals surface area contributed by atoms with Gasteiger partial charge in [-0.05, 0) is 47.4 Å². The standard InChI is InChI=1S/C10H14I.C6H5FO3S/c1-10(2,3)8-4-6-9(11)7-5-8;7-5-1-3-6(4-2-5)11(8,9)10/h4-7,11H,1-3H3;1-4H,(H,8,9,10)/q+1;/p-1. The maximum Gasteiger partial charge on any atom is 0.296 e. The summed E-state index contributed by atoms with van der Waals surface area (Å²) in [5.74, 6) is -0.572. The molecular formula is C16H18FIO3S. The second-order valence-electron chi connectivity index (χ2n) is 5.68. The monoisotopic (exact) mass is 436 g/mol. The molecule has 0 fully saturated rings. The Morgan fingerprint density at radius 3 is 1.77 bits per heavy atom. The van der Waals surface area contributed by atoms with Crippen LogP contribution in [0.2, 0.25) is 0 Å². The molecule has 0 radical (unpaired) electrons. The molecular weight excluding hydrogens is 418 g/mol. The van der Waals surface area contributed by atoms with Gasteiger partial charge in [0.05, 0.1) is 4.90 Å². The molecule has 0 N–H and O–H groups in total. The molecule has 22 heavy (non-hydrogen) atoms. The predicted octanol–water partition coefficient (Wildman–Crippen LogP) is 0.169. The highest BCUT2D eigenvalue weighted by Crippen LogP contribution is 2.20. The zero-order chi connectivity index (χ0) is 17.0. The van der Waals surface area contributed by atoms with Crippen LogP contribution in [0, 0.1) is 9.39 Å². The Balaban J connectivity index is 0.000000220. The van der Waals surface area contributed by atoms with Crippen molar-refractivity contribution in [3.05, 3.63) is 63.5 Å². The van der Waals surface area contributed by atoms with Crippen LogP contribution in [0.3, 0.4) is 0 Å². The molecule has 0 aliphatic rings. The van der Waals surface area contributed by atoms with Crippen LogP contribution in [0.5, 0.6) is 0 Å². The lowest BCUT2D eigenvalue weighted by atomic mass is 9.87. The fourth-order valence-electron chi connectivity index (χ4n) is 1.56. The van der Waals surface area contributed by atoms with Crippen molar-refractivity contribution in [3.8, 4) is 0 Å². The summed E-state index contributed by atoms with van der Waals surface area (Å²) < 4.78 is 44.3. The number of benzene rings is 2. The molecule has 3 nitrogen and oxygen atoms in total.